The highest BCUT2D eigenvalue weighted by atomic mass is 16.3. The van der Waals surface area contributed by atoms with Crippen LogP contribution in [-0.2, 0) is 12.8 Å². The molecule has 0 N–H and O–H groups in total. The Balaban J connectivity index is 2.13. The number of aromatic nitrogens is 2. The van der Waals surface area contributed by atoms with Crippen LogP contribution in [0.4, 0.5) is 0 Å². The number of pyridine rings is 1. The summed E-state index contributed by atoms with van der Waals surface area (Å²) in [5.41, 5.74) is 4.55. The predicted octanol–water partition coefficient (Wildman–Crippen LogP) is 2.69. The van der Waals surface area contributed by atoms with E-state index >= 15 is 0 Å². The second kappa shape index (κ2) is 2.76. The average molecular weight is 210 g/mol. The van der Waals surface area contributed by atoms with Crippen molar-refractivity contribution in [2.75, 3.05) is 0 Å². The van der Waals surface area contributed by atoms with Crippen LogP contribution in [0, 0.1) is 0 Å². The SMILES string of the molecule is c1ccn2c3c(nc2c1)-c1ccoc1CC3. The van der Waals surface area contributed by atoms with E-state index in [0.717, 1.165) is 35.5 Å². The van der Waals surface area contributed by atoms with Gasteiger partial charge < -0.3 is 8.82 Å². The lowest BCUT2D eigenvalue weighted by molar-refractivity contribution is 0.506. The molecule has 0 saturated carbocycles. The van der Waals surface area contributed by atoms with Crippen molar-refractivity contribution in [3.05, 3.63) is 48.2 Å². The first kappa shape index (κ1) is 8.16. The fourth-order valence-corrected chi connectivity index (χ4v) is 2.48. The van der Waals surface area contributed by atoms with E-state index in [1.807, 2.05) is 24.3 Å². The van der Waals surface area contributed by atoms with Crippen molar-refractivity contribution < 1.29 is 4.42 Å². The van der Waals surface area contributed by atoms with Gasteiger partial charge in [-0.05, 0) is 24.6 Å². The summed E-state index contributed by atoms with van der Waals surface area (Å²) in [4.78, 5) is 4.67. The fourth-order valence-electron chi connectivity index (χ4n) is 2.48. The molecule has 0 saturated heterocycles. The molecular weight excluding hydrogens is 200 g/mol. The molecule has 0 amide bonds. The van der Waals surface area contributed by atoms with E-state index in [1.54, 1.807) is 6.26 Å². The molecule has 0 radical (unpaired) electrons. The van der Waals surface area contributed by atoms with Crippen LogP contribution < -0.4 is 0 Å². The Labute approximate surface area is 92.3 Å². The Morgan fingerprint density at radius 2 is 2.19 bits per heavy atom. The van der Waals surface area contributed by atoms with Crippen LogP contribution in [0.1, 0.15) is 11.5 Å². The molecule has 1 aliphatic rings. The first-order chi connectivity index (χ1) is 7.93. The minimum Gasteiger partial charge on any atom is -0.469 e. The lowest BCUT2D eigenvalue weighted by Crippen LogP contribution is -2.03. The molecule has 3 aromatic rings. The van der Waals surface area contributed by atoms with Crippen LogP contribution in [0.15, 0.2) is 41.1 Å². The van der Waals surface area contributed by atoms with Crippen molar-refractivity contribution >= 4 is 5.65 Å². The maximum atomic E-state index is 5.46. The first-order valence-corrected chi connectivity index (χ1v) is 5.46. The standard InChI is InChI=1S/C13H10N2O/c1-2-7-15-10-4-5-11-9(6-8-16-11)13(10)14-12(15)3-1/h1-3,6-8H,4-5H2. The number of rotatable bonds is 0. The summed E-state index contributed by atoms with van der Waals surface area (Å²) in [5, 5.41) is 0. The smallest absolute Gasteiger partial charge is 0.137 e. The molecule has 0 fully saturated rings. The topological polar surface area (TPSA) is 30.4 Å². The molecule has 3 nitrogen and oxygen atoms in total. The van der Waals surface area contributed by atoms with Gasteiger partial charge in [0, 0.05) is 18.2 Å². The summed E-state index contributed by atoms with van der Waals surface area (Å²) >= 11 is 0. The van der Waals surface area contributed by atoms with Crippen LogP contribution in [0.2, 0.25) is 0 Å². The molecule has 0 spiro atoms. The zero-order chi connectivity index (χ0) is 10.5. The molecular formula is C13H10N2O. The summed E-state index contributed by atoms with van der Waals surface area (Å²) in [6.07, 6.45) is 5.80. The van der Waals surface area contributed by atoms with Crippen molar-refractivity contribution in [3.8, 4) is 11.3 Å². The van der Waals surface area contributed by atoms with Gasteiger partial charge in [0.15, 0.2) is 0 Å². The van der Waals surface area contributed by atoms with Crippen molar-refractivity contribution in [1.82, 2.24) is 9.38 Å². The van der Waals surface area contributed by atoms with Crippen molar-refractivity contribution in [1.29, 1.82) is 0 Å². The van der Waals surface area contributed by atoms with Gasteiger partial charge in [0.2, 0.25) is 0 Å². The van der Waals surface area contributed by atoms with E-state index in [4.69, 9.17) is 4.42 Å². The quantitative estimate of drug-likeness (QED) is 0.571. The zero-order valence-corrected chi connectivity index (χ0v) is 8.68. The molecule has 0 atom stereocenters. The zero-order valence-electron chi connectivity index (χ0n) is 8.68. The van der Waals surface area contributed by atoms with Crippen molar-refractivity contribution in [2.45, 2.75) is 12.8 Å². The average Bonchev–Trinajstić information content (AvgIpc) is 2.92. The van der Waals surface area contributed by atoms with E-state index in [9.17, 15) is 0 Å². The minimum absolute atomic E-state index is 0.970. The third-order valence-corrected chi connectivity index (χ3v) is 3.22. The van der Waals surface area contributed by atoms with Gasteiger partial charge in [-0.1, -0.05) is 6.07 Å². The highest BCUT2D eigenvalue weighted by molar-refractivity contribution is 5.70. The van der Waals surface area contributed by atoms with E-state index in [1.165, 1.54) is 5.69 Å². The second-order valence-corrected chi connectivity index (χ2v) is 4.09. The number of aryl methyl sites for hydroxylation is 2. The number of hydrogen-bond donors (Lipinski definition) is 0. The minimum atomic E-state index is 0.970. The molecule has 3 heterocycles. The van der Waals surface area contributed by atoms with Crippen LogP contribution in [0.5, 0.6) is 0 Å². The summed E-state index contributed by atoms with van der Waals surface area (Å²) in [7, 11) is 0. The van der Waals surface area contributed by atoms with Gasteiger partial charge >= 0.3 is 0 Å². The molecule has 0 unspecified atom stereocenters. The van der Waals surface area contributed by atoms with Gasteiger partial charge in [-0.15, -0.1) is 0 Å². The molecule has 0 bridgehead atoms. The van der Waals surface area contributed by atoms with Crippen LogP contribution >= 0.6 is 0 Å². The van der Waals surface area contributed by atoms with E-state index < -0.39 is 0 Å². The lowest BCUT2D eigenvalue weighted by atomic mass is 9.99. The predicted molar refractivity (Wildman–Crippen MR) is 60.3 cm³/mol. The van der Waals surface area contributed by atoms with Gasteiger partial charge in [0.05, 0.1) is 17.7 Å². The number of nitrogens with zero attached hydrogens (tertiary/aromatic N) is 2. The Kier molecular flexibility index (Phi) is 1.41. The number of imidazole rings is 1. The number of furan rings is 1. The van der Waals surface area contributed by atoms with Gasteiger partial charge in [0.1, 0.15) is 11.4 Å². The fraction of sp³-hybridized carbons (Fsp3) is 0.154. The third kappa shape index (κ3) is 0.902. The Morgan fingerprint density at radius 1 is 1.19 bits per heavy atom. The monoisotopic (exact) mass is 210 g/mol. The van der Waals surface area contributed by atoms with E-state index in [-0.39, 0.29) is 0 Å². The molecule has 0 aromatic carbocycles. The van der Waals surface area contributed by atoms with Crippen molar-refractivity contribution in [2.24, 2.45) is 0 Å². The maximum absolute atomic E-state index is 5.46. The van der Waals surface area contributed by atoms with Gasteiger partial charge in [-0.25, -0.2) is 4.98 Å². The first-order valence-electron chi connectivity index (χ1n) is 5.46. The highest BCUT2D eigenvalue weighted by Gasteiger charge is 2.23. The molecule has 16 heavy (non-hydrogen) atoms. The normalized spacial score (nSPS) is 13.8. The molecule has 3 aromatic heterocycles. The Morgan fingerprint density at radius 3 is 3.19 bits per heavy atom. The largest absolute Gasteiger partial charge is 0.469 e. The van der Waals surface area contributed by atoms with Gasteiger partial charge in [0.25, 0.3) is 0 Å². The Hall–Kier alpha value is -2.03. The third-order valence-electron chi connectivity index (χ3n) is 3.22. The van der Waals surface area contributed by atoms with Crippen LogP contribution in [0.25, 0.3) is 16.9 Å². The van der Waals surface area contributed by atoms with Crippen molar-refractivity contribution in [3.63, 3.8) is 0 Å². The van der Waals surface area contributed by atoms with Crippen LogP contribution in [0.3, 0.4) is 0 Å². The maximum Gasteiger partial charge on any atom is 0.137 e. The number of hydrogen-bond acceptors (Lipinski definition) is 2. The van der Waals surface area contributed by atoms with E-state index in [2.05, 4.69) is 15.6 Å². The van der Waals surface area contributed by atoms with Crippen LogP contribution in [-0.4, -0.2) is 9.38 Å². The lowest BCUT2D eigenvalue weighted by Gasteiger charge is -2.10. The van der Waals surface area contributed by atoms with Gasteiger partial charge in [-0.2, -0.15) is 0 Å². The summed E-state index contributed by atoms with van der Waals surface area (Å²) in [6, 6.07) is 8.11. The highest BCUT2D eigenvalue weighted by Crippen LogP contribution is 2.33. The summed E-state index contributed by atoms with van der Waals surface area (Å²) < 4.78 is 7.63. The summed E-state index contributed by atoms with van der Waals surface area (Å²) in [6.45, 7) is 0. The molecule has 0 aliphatic heterocycles. The Bertz CT molecular complexity index is 678. The summed E-state index contributed by atoms with van der Waals surface area (Å²) in [5.74, 6) is 1.07. The second-order valence-electron chi connectivity index (χ2n) is 4.09. The number of fused-ring (bicyclic) bond motifs is 5. The van der Waals surface area contributed by atoms with E-state index in [0.29, 0.717) is 0 Å². The molecule has 3 heteroatoms. The molecule has 4 rings (SSSR count). The molecule has 78 valence electrons. The molecule has 1 aliphatic carbocycles. The van der Waals surface area contributed by atoms with Gasteiger partial charge in [-0.3, -0.25) is 0 Å².